The number of carbonyl (C=O) groups excluding carboxylic acids is 4. The molecule has 4 fully saturated rings. The van der Waals surface area contributed by atoms with Gasteiger partial charge < -0.3 is 61.5 Å². The van der Waals surface area contributed by atoms with E-state index in [-0.39, 0.29) is 35.0 Å². The number of nitrogen functional groups attached to an aromatic ring is 2. The van der Waals surface area contributed by atoms with E-state index in [1.54, 1.807) is 26.0 Å². The lowest BCUT2D eigenvalue weighted by Crippen LogP contribution is -2.42. The number of fused-ring (bicyclic) bond motifs is 2. The number of esters is 2. The Bertz CT molecular complexity index is 2750. The molecule has 79 heavy (non-hydrogen) atoms. The summed E-state index contributed by atoms with van der Waals surface area (Å²) in [6, 6.07) is 0. The Morgan fingerprint density at radius 1 is 0.696 bits per heavy atom. The van der Waals surface area contributed by atoms with Gasteiger partial charge in [-0.2, -0.15) is 0 Å². The van der Waals surface area contributed by atoms with Crippen molar-refractivity contribution in [2.75, 3.05) is 37.8 Å². The number of nitrogens with two attached hydrogens (primary N) is 2. The Kier molecular flexibility index (Phi) is 27.0. The number of aliphatic hydroxyl groups is 4. The number of likely N-dealkylation sites (N-methyl/N-ethyl adjacent to an activating group) is 2. The van der Waals surface area contributed by atoms with Crippen LogP contribution in [0.3, 0.4) is 0 Å². The second-order valence-corrected chi connectivity index (χ2v) is 20.2. The average Bonchev–Trinajstić information content (AvgIpc) is 4.40. The number of ether oxygens (including phenoxy) is 4. The smallest absolute Gasteiger partial charge is 0.302 e. The van der Waals surface area contributed by atoms with Gasteiger partial charge in [-0.25, -0.2) is 29.9 Å². The quantitative estimate of drug-likeness (QED) is 0.0329. The summed E-state index contributed by atoms with van der Waals surface area (Å²) in [6.45, 7) is 18.7. The first-order valence-corrected chi connectivity index (χ1v) is 27.4. The lowest BCUT2D eigenvalue weighted by atomic mass is 9.81. The molecule has 2 aliphatic heterocycles. The van der Waals surface area contributed by atoms with Gasteiger partial charge in [0.2, 0.25) is 5.82 Å². The van der Waals surface area contributed by atoms with Gasteiger partial charge in [-0.3, -0.25) is 28.3 Å². The molecule has 24 nitrogen and oxygen atoms in total. The van der Waals surface area contributed by atoms with E-state index in [2.05, 4.69) is 71.5 Å². The van der Waals surface area contributed by atoms with Crippen LogP contribution in [-0.4, -0.2) is 146 Å². The van der Waals surface area contributed by atoms with Gasteiger partial charge >= 0.3 is 11.9 Å². The largest absolute Gasteiger partial charge is 0.466 e. The molecule has 2 unspecified atom stereocenters. The Labute approximate surface area is 474 Å². The van der Waals surface area contributed by atoms with E-state index in [0.717, 1.165) is 44.9 Å². The van der Waals surface area contributed by atoms with Crippen molar-refractivity contribution in [3.63, 3.8) is 0 Å². The molecule has 4 aromatic heterocycles. The first-order valence-electron chi connectivity index (χ1n) is 26.3. The van der Waals surface area contributed by atoms with Gasteiger partial charge in [0.25, 0.3) is 11.8 Å². The molecule has 0 spiro atoms. The standard InChI is InChI=1S/C24H32N6O6.C12H15IN6O4.C12H18O2.2C3H6/c1-3-26-23(34)20-18(32)19(33)24(36-20)30-12-27-17-21(25)28-16(29-22(17)30)6-4-5-14-7-9-15(10-8-14)11-35-13(2)31;1-2-15-10(22)7-5(20)6(21)11(23-7)19-3-16-4-8(14)17-12(13)18-9(4)19;1-3-4-11-5-7-12(8-6-11)9-14-10(2)13;2*1-3-2/h12,14-15,18-20,24,32-33H,3,5,7-11H2,1-2H3,(H,26,34)(H2,25,28,29);3,5-7,11,20-21H,2H2,1H3,(H,15,22)(H2,14,17,18);1,11-12H,4-9H2,2H3;2*3H,1H2,2H3/t14?,15?,18-,19?,20+,24-;5-,6?,7+,11-;;;/m11.../s1. The number of hydrogen-bond donors (Lipinski definition) is 8. The van der Waals surface area contributed by atoms with Crippen LogP contribution in [0, 0.1) is 51.7 Å². The zero-order valence-electron chi connectivity index (χ0n) is 45.8. The van der Waals surface area contributed by atoms with E-state index in [1.807, 2.05) is 36.4 Å². The summed E-state index contributed by atoms with van der Waals surface area (Å²) in [4.78, 5) is 70.9. The summed E-state index contributed by atoms with van der Waals surface area (Å²) in [7, 11) is 0. The molecule has 4 aliphatic rings. The molecular formula is C54H77IN12O12. The number of carbonyl (C=O) groups is 4. The molecule has 432 valence electrons. The molecule has 2 amide bonds. The van der Waals surface area contributed by atoms with E-state index >= 15 is 0 Å². The normalized spacial score (nSPS) is 25.7. The molecule has 0 radical (unpaired) electrons. The number of aromatic nitrogens is 8. The minimum absolute atomic E-state index is 0.127. The number of nitrogens with zero attached hydrogens (tertiary/aromatic N) is 8. The van der Waals surface area contributed by atoms with Crippen LogP contribution in [0.5, 0.6) is 0 Å². The van der Waals surface area contributed by atoms with Crippen LogP contribution >= 0.6 is 22.6 Å². The highest BCUT2D eigenvalue weighted by Gasteiger charge is 2.49. The maximum atomic E-state index is 12.2. The predicted molar refractivity (Wildman–Crippen MR) is 302 cm³/mol. The molecule has 4 aromatic rings. The van der Waals surface area contributed by atoms with Gasteiger partial charge in [-0.05, 0) is 109 Å². The van der Waals surface area contributed by atoms with Crippen LogP contribution in [0.25, 0.3) is 22.3 Å². The second kappa shape index (κ2) is 32.7. The van der Waals surface area contributed by atoms with E-state index < -0.39 is 60.9 Å². The number of allylic oxidation sites excluding steroid dienone is 2. The summed E-state index contributed by atoms with van der Waals surface area (Å²) >= 11 is 1.91. The molecule has 8 atom stereocenters. The second-order valence-electron chi connectivity index (χ2n) is 19.2. The molecule has 8 rings (SSSR count). The van der Waals surface area contributed by atoms with Gasteiger partial charge in [0.1, 0.15) is 35.4 Å². The number of halogens is 1. The molecule has 10 N–H and O–H groups in total. The van der Waals surface area contributed by atoms with Crippen molar-refractivity contribution in [3.8, 4) is 24.2 Å². The van der Waals surface area contributed by atoms with Crippen molar-refractivity contribution < 1.29 is 58.6 Å². The Balaban J connectivity index is 0.000000266. The zero-order valence-corrected chi connectivity index (χ0v) is 48.0. The topological polar surface area (TPSA) is 349 Å². The maximum absolute atomic E-state index is 12.2. The monoisotopic (exact) mass is 1210 g/mol. The third kappa shape index (κ3) is 18.6. The van der Waals surface area contributed by atoms with Crippen LogP contribution in [0.1, 0.15) is 124 Å². The molecule has 2 saturated carbocycles. The highest BCUT2D eigenvalue weighted by molar-refractivity contribution is 14.1. The Morgan fingerprint density at radius 2 is 1.09 bits per heavy atom. The number of terminal acetylenes is 1. The SMILES string of the molecule is C#CCC1CCC(COC(C)=O)CC1.C=CC.C=CC.CCNC(=O)[C@H]1O[C@@H](n2cnc3c(N)nc(C#CCC4CCC(COC(C)=O)CC4)nc32)C(O)[C@H]1O.CCNC(=O)[C@H]1O[C@@H](n2cnc3c(N)nc(I)nc32)C(O)[C@H]1O. The van der Waals surface area contributed by atoms with Crippen LogP contribution in [-0.2, 0) is 38.1 Å². The van der Waals surface area contributed by atoms with Crippen molar-refractivity contribution in [3.05, 3.63) is 47.6 Å². The minimum atomic E-state index is -1.42. The molecule has 25 heteroatoms. The maximum Gasteiger partial charge on any atom is 0.302 e. The fourth-order valence-corrected chi connectivity index (χ4v) is 9.64. The number of amides is 2. The van der Waals surface area contributed by atoms with Gasteiger partial charge in [0, 0.05) is 62.4 Å². The summed E-state index contributed by atoms with van der Waals surface area (Å²) in [5.74, 6) is 10.1. The lowest BCUT2D eigenvalue weighted by molar-refractivity contribution is -0.143. The van der Waals surface area contributed by atoms with Gasteiger partial charge in [0.15, 0.2) is 51.4 Å². The summed E-state index contributed by atoms with van der Waals surface area (Å²) < 4.78 is 24.6. The number of aliphatic hydroxyl groups excluding tert-OH is 4. The van der Waals surface area contributed by atoms with Gasteiger partial charge in [-0.15, -0.1) is 25.5 Å². The minimum Gasteiger partial charge on any atom is -0.466 e. The van der Waals surface area contributed by atoms with Crippen molar-refractivity contribution in [2.45, 2.75) is 155 Å². The van der Waals surface area contributed by atoms with E-state index in [4.69, 9.17) is 36.8 Å². The average molecular weight is 1210 g/mol. The molecule has 2 saturated heterocycles. The summed E-state index contributed by atoms with van der Waals surface area (Å²) in [5.41, 5.74) is 13.2. The molecule has 2 aliphatic carbocycles. The Hall–Kier alpha value is -6.33. The molecule has 0 bridgehead atoms. The molecule has 6 heterocycles. The predicted octanol–water partition coefficient (Wildman–Crippen LogP) is 3.81. The summed E-state index contributed by atoms with van der Waals surface area (Å²) in [6.07, 6.45) is 11.9. The Morgan fingerprint density at radius 3 is 1.49 bits per heavy atom. The number of hydrogen-bond acceptors (Lipinski definition) is 20. The van der Waals surface area contributed by atoms with Gasteiger partial charge in [0.05, 0.1) is 25.9 Å². The number of rotatable bonds is 12. The van der Waals surface area contributed by atoms with Crippen LogP contribution in [0.15, 0.2) is 38.0 Å². The van der Waals surface area contributed by atoms with Crippen molar-refractivity contribution >= 4 is 80.3 Å². The van der Waals surface area contributed by atoms with E-state index in [1.165, 1.54) is 48.5 Å². The third-order valence-electron chi connectivity index (χ3n) is 13.1. The molecule has 0 aromatic carbocycles. The fraction of sp³-hybridized carbons (Fsp3) is 0.593. The molecular weight excluding hydrogens is 1140 g/mol. The fourth-order valence-electron chi connectivity index (χ4n) is 9.16. The van der Waals surface area contributed by atoms with E-state index in [9.17, 15) is 39.6 Å². The first kappa shape index (κ1) is 65.2. The number of imidazole rings is 2. The van der Waals surface area contributed by atoms with Crippen LogP contribution in [0.4, 0.5) is 11.6 Å². The van der Waals surface area contributed by atoms with Crippen molar-refractivity contribution in [1.29, 1.82) is 0 Å². The van der Waals surface area contributed by atoms with Crippen molar-refractivity contribution in [2.24, 2.45) is 23.7 Å². The van der Waals surface area contributed by atoms with Gasteiger partial charge in [-0.1, -0.05) is 18.1 Å². The van der Waals surface area contributed by atoms with Crippen LogP contribution in [0.2, 0.25) is 0 Å². The third-order valence-corrected chi connectivity index (χ3v) is 13.6. The summed E-state index contributed by atoms with van der Waals surface area (Å²) in [5, 5.41) is 46.3. The lowest BCUT2D eigenvalue weighted by Gasteiger charge is -2.26. The number of nitrogens with one attached hydrogen (secondary N) is 2. The zero-order chi connectivity index (χ0) is 58.3. The first-order chi connectivity index (χ1) is 37.8. The van der Waals surface area contributed by atoms with E-state index in [0.29, 0.717) is 76.9 Å². The highest BCUT2D eigenvalue weighted by atomic mass is 127. The number of anilines is 2. The van der Waals surface area contributed by atoms with Crippen LogP contribution < -0.4 is 22.1 Å². The van der Waals surface area contributed by atoms with Crippen molar-refractivity contribution in [1.82, 2.24) is 49.7 Å². The highest BCUT2D eigenvalue weighted by Crippen LogP contribution is 2.35.